The maximum absolute atomic E-state index is 12.2. The molecule has 0 bridgehead atoms. The molecule has 27 heavy (non-hydrogen) atoms. The van der Waals surface area contributed by atoms with Gasteiger partial charge >= 0.3 is 6.61 Å². The van der Waals surface area contributed by atoms with Crippen molar-refractivity contribution in [1.29, 1.82) is 0 Å². The highest BCUT2D eigenvalue weighted by molar-refractivity contribution is 7.10. The predicted octanol–water partition coefficient (Wildman–Crippen LogP) is 5.60. The van der Waals surface area contributed by atoms with Crippen LogP contribution in [0.25, 0.3) is 23.4 Å². The van der Waals surface area contributed by atoms with E-state index in [4.69, 9.17) is 9.47 Å². The maximum Gasteiger partial charge on any atom is 0.387 e. The zero-order chi connectivity index (χ0) is 19.2. The van der Waals surface area contributed by atoms with Crippen molar-refractivity contribution in [3.8, 4) is 28.5 Å². The fourth-order valence-corrected chi connectivity index (χ4v) is 3.14. The van der Waals surface area contributed by atoms with Gasteiger partial charge in [0.25, 0.3) is 0 Å². The minimum absolute atomic E-state index is 0.132. The Hall–Kier alpha value is -2.93. The Morgan fingerprint density at radius 2 is 1.70 bits per heavy atom. The molecule has 3 rings (SSSR count). The summed E-state index contributed by atoms with van der Waals surface area (Å²) in [6.07, 6.45) is 3.74. The molecule has 0 saturated carbocycles. The smallest absolute Gasteiger partial charge is 0.387 e. The van der Waals surface area contributed by atoms with Crippen molar-refractivity contribution in [1.82, 2.24) is 4.98 Å². The van der Waals surface area contributed by atoms with E-state index < -0.39 is 6.61 Å². The van der Waals surface area contributed by atoms with Gasteiger partial charge in [0.2, 0.25) is 0 Å². The summed E-state index contributed by atoms with van der Waals surface area (Å²) in [5.41, 5.74) is 2.62. The molecule has 0 N–H and O–H groups in total. The molecular formula is C20H17F2NO3S. The molecule has 4 nitrogen and oxygen atoms in total. The second-order valence-electron chi connectivity index (χ2n) is 5.42. The first kappa shape index (κ1) is 18.8. The number of aromatic nitrogens is 1. The van der Waals surface area contributed by atoms with Gasteiger partial charge in [-0.3, -0.25) is 0 Å². The van der Waals surface area contributed by atoms with Crippen LogP contribution in [0.4, 0.5) is 8.78 Å². The predicted molar refractivity (Wildman–Crippen MR) is 103 cm³/mol. The van der Waals surface area contributed by atoms with E-state index in [-0.39, 0.29) is 5.75 Å². The molecule has 0 amide bonds. The number of nitrogens with zero attached hydrogens (tertiary/aromatic N) is 1. The van der Waals surface area contributed by atoms with E-state index in [0.717, 1.165) is 21.8 Å². The molecule has 0 saturated heterocycles. The normalized spacial score (nSPS) is 11.1. The highest BCUT2D eigenvalue weighted by atomic mass is 32.1. The number of benzene rings is 2. The van der Waals surface area contributed by atoms with Crippen LogP contribution in [0.2, 0.25) is 0 Å². The van der Waals surface area contributed by atoms with Gasteiger partial charge in [0, 0.05) is 10.9 Å². The summed E-state index contributed by atoms with van der Waals surface area (Å²) in [6, 6.07) is 12.1. The third kappa shape index (κ3) is 4.83. The van der Waals surface area contributed by atoms with Gasteiger partial charge < -0.3 is 14.2 Å². The average molecular weight is 389 g/mol. The van der Waals surface area contributed by atoms with Gasteiger partial charge in [0.15, 0.2) is 11.5 Å². The SMILES string of the molecule is COc1ccc(-c2csc(/C=C/c3ccc(OC(F)F)cc3)n2)cc1OC. The lowest BCUT2D eigenvalue weighted by Crippen LogP contribution is -2.01. The highest BCUT2D eigenvalue weighted by Gasteiger charge is 2.08. The van der Waals surface area contributed by atoms with Crippen LogP contribution in [0.5, 0.6) is 17.2 Å². The Bertz CT molecular complexity index is 923. The number of alkyl halides is 2. The van der Waals surface area contributed by atoms with Crippen molar-refractivity contribution in [2.45, 2.75) is 6.61 Å². The fraction of sp³-hybridized carbons (Fsp3) is 0.150. The van der Waals surface area contributed by atoms with E-state index in [2.05, 4.69) is 9.72 Å². The second kappa shape index (κ2) is 8.64. The summed E-state index contributed by atoms with van der Waals surface area (Å²) in [6.45, 7) is -2.82. The number of thiazole rings is 1. The summed E-state index contributed by atoms with van der Waals surface area (Å²) in [4.78, 5) is 4.59. The first-order valence-electron chi connectivity index (χ1n) is 8.00. The number of ether oxygens (including phenoxy) is 3. The number of halogens is 2. The molecule has 1 heterocycles. The molecule has 0 unspecified atom stereocenters. The molecule has 7 heteroatoms. The van der Waals surface area contributed by atoms with Crippen molar-refractivity contribution in [3.63, 3.8) is 0 Å². The summed E-state index contributed by atoms with van der Waals surface area (Å²) in [5.74, 6) is 1.44. The Balaban J connectivity index is 1.73. The Kier molecular flexibility index (Phi) is 6.03. The van der Waals surface area contributed by atoms with Crippen molar-refractivity contribution in [2.75, 3.05) is 14.2 Å². The minimum Gasteiger partial charge on any atom is -0.493 e. The van der Waals surface area contributed by atoms with Gasteiger partial charge in [-0.25, -0.2) is 4.98 Å². The molecule has 2 aromatic carbocycles. The summed E-state index contributed by atoms with van der Waals surface area (Å²) < 4.78 is 39.2. The lowest BCUT2D eigenvalue weighted by Gasteiger charge is -2.08. The molecule has 140 valence electrons. The van der Waals surface area contributed by atoms with Gasteiger partial charge in [-0.05, 0) is 42.0 Å². The second-order valence-corrected chi connectivity index (χ2v) is 6.31. The number of hydrogen-bond acceptors (Lipinski definition) is 5. The molecular weight excluding hydrogens is 372 g/mol. The monoisotopic (exact) mass is 389 g/mol. The van der Waals surface area contributed by atoms with Crippen LogP contribution in [0, 0.1) is 0 Å². The van der Waals surface area contributed by atoms with Crippen molar-refractivity contribution >= 4 is 23.5 Å². The summed E-state index contributed by atoms with van der Waals surface area (Å²) in [5, 5.41) is 2.79. The van der Waals surface area contributed by atoms with Gasteiger partial charge in [0.1, 0.15) is 10.8 Å². The van der Waals surface area contributed by atoms with Crippen LogP contribution < -0.4 is 14.2 Å². The molecule has 0 spiro atoms. The van der Waals surface area contributed by atoms with Crippen LogP contribution in [-0.4, -0.2) is 25.8 Å². The number of rotatable bonds is 7. The average Bonchev–Trinajstić information content (AvgIpc) is 3.15. The molecule has 1 aromatic heterocycles. The van der Waals surface area contributed by atoms with Crippen molar-refractivity contribution in [2.24, 2.45) is 0 Å². The van der Waals surface area contributed by atoms with Crippen LogP contribution in [0.1, 0.15) is 10.6 Å². The fourth-order valence-electron chi connectivity index (χ4n) is 2.42. The first-order chi connectivity index (χ1) is 13.1. The van der Waals surface area contributed by atoms with Crippen LogP contribution in [0.3, 0.4) is 0 Å². The van der Waals surface area contributed by atoms with E-state index >= 15 is 0 Å². The standard InChI is InChI=1S/C20H17F2NO3S/c1-24-17-9-6-14(11-18(17)25-2)16-12-27-19(23-16)10-5-13-3-7-15(8-4-13)26-20(21)22/h3-12,20H,1-2H3/b10-5+. The quantitative estimate of drug-likeness (QED) is 0.527. The number of methoxy groups -OCH3 is 2. The zero-order valence-electron chi connectivity index (χ0n) is 14.7. The maximum atomic E-state index is 12.2. The molecule has 0 aliphatic heterocycles. The summed E-state index contributed by atoms with van der Waals surface area (Å²) in [7, 11) is 3.18. The number of hydrogen-bond donors (Lipinski definition) is 0. The molecule has 0 atom stereocenters. The van der Waals surface area contributed by atoms with E-state index in [1.807, 2.05) is 35.7 Å². The van der Waals surface area contributed by atoms with E-state index in [1.165, 1.54) is 23.5 Å². The van der Waals surface area contributed by atoms with E-state index in [1.54, 1.807) is 26.4 Å². The summed E-state index contributed by atoms with van der Waals surface area (Å²) >= 11 is 1.50. The van der Waals surface area contributed by atoms with E-state index in [9.17, 15) is 8.78 Å². The van der Waals surface area contributed by atoms with Crippen molar-refractivity contribution < 1.29 is 23.0 Å². The lowest BCUT2D eigenvalue weighted by molar-refractivity contribution is -0.0498. The molecule has 0 fully saturated rings. The van der Waals surface area contributed by atoms with Crippen molar-refractivity contribution in [3.05, 3.63) is 58.4 Å². The highest BCUT2D eigenvalue weighted by Crippen LogP contribution is 2.33. The van der Waals surface area contributed by atoms with Gasteiger partial charge in [-0.15, -0.1) is 11.3 Å². The van der Waals surface area contributed by atoms with E-state index in [0.29, 0.717) is 11.5 Å². The lowest BCUT2D eigenvalue weighted by atomic mass is 10.1. The first-order valence-corrected chi connectivity index (χ1v) is 8.88. The Morgan fingerprint density at radius 3 is 2.37 bits per heavy atom. The van der Waals surface area contributed by atoms with Gasteiger partial charge in [0.05, 0.1) is 19.9 Å². The topological polar surface area (TPSA) is 40.6 Å². The Morgan fingerprint density at radius 1 is 0.963 bits per heavy atom. The molecule has 3 aromatic rings. The van der Waals surface area contributed by atoms with Crippen LogP contribution >= 0.6 is 11.3 Å². The third-order valence-electron chi connectivity index (χ3n) is 3.72. The molecule has 0 radical (unpaired) electrons. The zero-order valence-corrected chi connectivity index (χ0v) is 15.5. The van der Waals surface area contributed by atoms with Crippen LogP contribution in [-0.2, 0) is 0 Å². The minimum atomic E-state index is -2.82. The third-order valence-corrected chi connectivity index (χ3v) is 4.53. The molecule has 0 aliphatic carbocycles. The largest absolute Gasteiger partial charge is 0.493 e. The molecule has 0 aliphatic rings. The van der Waals surface area contributed by atoms with Crippen LogP contribution in [0.15, 0.2) is 47.8 Å². The van der Waals surface area contributed by atoms with Gasteiger partial charge in [-0.1, -0.05) is 18.2 Å². The Labute approximate surface area is 159 Å². The van der Waals surface area contributed by atoms with Gasteiger partial charge in [-0.2, -0.15) is 8.78 Å².